The SMILES string of the molecule is CCc1ccccc1N1CCC(=O)CC1=O. The maximum absolute atomic E-state index is 11.8. The maximum atomic E-state index is 11.8. The second-order valence-corrected chi connectivity index (χ2v) is 3.99. The Bertz CT molecular complexity index is 426. The summed E-state index contributed by atoms with van der Waals surface area (Å²) in [5.74, 6) is -0.0209. The number of hydrogen-bond donors (Lipinski definition) is 0. The van der Waals surface area contributed by atoms with Gasteiger partial charge in [0.1, 0.15) is 5.78 Å². The topological polar surface area (TPSA) is 37.4 Å². The van der Waals surface area contributed by atoms with Gasteiger partial charge in [0.2, 0.25) is 5.91 Å². The Kier molecular flexibility index (Phi) is 3.04. The fraction of sp³-hybridized carbons (Fsp3) is 0.385. The van der Waals surface area contributed by atoms with E-state index < -0.39 is 0 Å². The van der Waals surface area contributed by atoms with Gasteiger partial charge in [0.25, 0.3) is 0 Å². The molecule has 84 valence electrons. The molecule has 1 saturated heterocycles. The highest BCUT2D eigenvalue weighted by Crippen LogP contribution is 2.24. The predicted molar refractivity (Wildman–Crippen MR) is 62.4 cm³/mol. The predicted octanol–water partition coefficient (Wildman–Crippen LogP) is 1.94. The first-order valence-electron chi connectivity index (χ1n) is 5.62. The summed E-state index contributed by atoms with van der Waals surface area (Å²) in [5, 5.41) is 0. The van der Waals surface area contributed by atoms with E-state index in [4.69, 9.17) is 0 Å². The quantitative estimate of drug-likeness (QED) is 0.710. The molecule has 16 heavy (non-hydrogen) atoms. The van der Waals surface area contributed by atoms with Crippen LogP contribution >= 0.6 is 0 Å². The molecule has 1 aromatic rings. The Hall–Kier alpha value is -1.64. The second kappa shape index (κ2) is 4.47. The summed E-state index contributed by atoms with van der Waals surface area (Å²) in [7, 11) is 0. The van der Waals surface area contributed by atoms with Crippen LogP contribution in [-0.2, 0) is 16.0 Å². The monoisotopic (exact) mass is 217 g/mol. The molecule has 1 fully saturated rings. The van der Waals surface area contributed by atoms with Gasteiger partial charge in [0, 0.05) is 18.7 Å². The fourth-order valence-electron chi connectivity index (χ4n) is 2.04. The van der Waals surface area contributed by atoms with Gasteiger partial charge < -0.3 is 4.90 Å². The Morgan fingerprint density at radius 2 is 2.00 bits per heavy atom. The third-order valence-electron chi connectivity index (χ3n) is 2.93. The van der Waals surface area contributed by atoms with Gasteiger partial charge in [0.15, 0.2) is 0 Å². The lowest BCUT2D eigenvalue weighted by Gasteiger charge is -2.27. The molecule has 0 atom stereocenters. The number of hydrogen-bond acceptors (Lipinski definition) is 2. The maximum Gasteiger partial charge on any atom is 0.234 e. The van der Waals surface area contributed by atoms with Gasteiger partial charge in [0.05, 0.1) is 6.42 Å². The zero-order valence-electron chi connectivity index (χ0n) is 9.40. The number of amides is 1. The number of benzene rings is 1. The Morgan fingerprint density at radius 1 is 1.25 bits per heavy atom. The minimum absolute atomic E-state index is 0.0511. The number of anilines is 1. The Morgan fingerprint density at radius 3 is 2.69 bits per heavy atom. The number of ketones is 1. The molecule has 3 nitrogen and oxygen atoms in total. The van der Waals surface area contributed by atoms with E-state index in [1.165, 1.54) is 0 Å². The van der Waals surface area contributed by atoms with Crippen LogP contribution < -0.4 is 4.90 Å². The summed E-state index contributed by atoms with van der Waals surface area (Å²) in [6.45, 7) is 2.59. The summed E-state index contributed by atoms with van der Waals surface area (Å²) in [6, 6.07) is 7.88. The van der Waals surface area contributed by atoms with E-state index in [0.29, 0.717) is 13.0 Å². The lowest BCUT2D eigenvalue weighted by molar-refractivity contribution is -0.128. The molecule has 0 aliphatic carbocycles. The highest BCUT2D eigenvalue weighted by molar-refractivity contribution is 6.08. The molecule has 0 bridgehead atoms. The molecule has 1 heterocycles. The summed E-state index contributed by atoms with van der Waals surface area (Å²) in [6.07, 6.45) is 1.43. The third kappa shape index (κ3) is 1.98. The number of rotatable bonds is 2. The van der Waals surface area contributed by atoms with Crippen LogP contribution in [-0.4, -0.2) is 18.2 Å². The summed E-state index contributed by atoms with van der Waals surface area (Å²) in [5.41, 5.74) is 2.12. The standard InChI is InChI=1S/C13H15NO2/c1-2-10-5-3-4-6-12(10)14-8-7-11(15)9-13(14)16/h3-6H,2,7-9H2,1H3. The third-order valence-corrected chi connectivity index (χ3v) is 2.93. The molecule has 1 aliphatic heterocycles. The highest BCUT2D eigenvalue weighted by atomic mass is 16.2. The molecular weight excluding hydrogens is 202 g/mol. The molecular formula is C13H15NO2. The van der Waals surface area contributed by atoms with Crippen LogP contribution in [0.1, 0.15) is 25.3 Å². The number of carbonyl (C=O) groups is 2. The van der Waals surface area contributed by atoms with Crippen molar-refractivity contribution in [1.29, 1.82) is 0 Å². The lowest BCUT2D eigenvalue weighted by Crippen LogP contribution is -2.39. The number of Topliss-reactive ketones (excluding diaryl/α,β-unsaturated/α-hetero) is 1. The van der Waals surface area contributed by atoms with Gasteiger partial charge in [-0.05, 0) is 18.1 Å². The van der Waals surface area contributed by atoms with Gasteiger partial charge >= 0.3 is 0 Å². The highest BCUT2D eigenvalue weighted by Gasteiger charge is 2.25. The molecule has 0 N–H and O–H groups in total. The number of piperidine rings is 1. The van der Waals surface area contributed by atoms with Gasteiger partial charge in [-0.3, -0.25) is 9.59 Å². The Balaban J connectivity index is 2.30. The molecule has 0 radical (unpaired) electrons. The molecule has 0 unspecified atom stereocenters. The first kappa shape index (κ1) is 10.9. The van der Waals surface area contributed by atoms with Crippen molar-refractivity contribution in [3.8, 4) is 0 Å². The van der Waals surface area contributed by atoms with Crippen LogP contribution in [0.4, 0.5) is 5.69 Å². The number of aryl methyl sites for hydroxylation is 1. The van der Waals surface area contributed by atoms with Crippen molar-refractivity contribution in [2.45, 2.75) is 26.2 Å². The van der Waals surface area contributed by atoms with Gasteiger partial charge in [-0.15, -0.1) is 0 Å². The van der Waals surface area contributed by atoms with Crippen LogP contribution in [0.2, 0.25) is 0 Å². The van der Waals surface area contributed by atoms with Crippen LogP contribution in [0.25, 0.3) is 0 Å². The molecule has 1 amide bonds. The van der Waals surface area contributed by atoms with Crippen LogP contribution in [0, 0.1) is 0 Å². The van der Waals surface area contributed by atoms with Gasteiger partial charge in [-0.25, -0.2) is 0 Å². The van der Waals surface area contributed by atoms with Crippen molar-refractivity contribution in [1.82, 2.24) is 0 Å². The van der Waals surface area contributed by atoms with Crippen molar-refractivity contribution >= 4 is 17.4 Å². The largest absolute Gasteiger partial charge is 0.311 e. The minimum Gasteiger partial charge on any atom is -0.311 e. The second-order valence-electron chi connectivity index (χ2n) is 3.99. The van der Waals surface area contributed by atoms with Crippen molar-refractivity contribution in [3.63, 3.8) is 0 Å². The average molecular weight is 217 g/mol. The molecule has 0 saturated carbocycles. The van der Waals surface area contributed by atoms with Crippen LogP contribution in [0.3, 0.4) is 0 Å². The number of para-hydroxylation sites is 1. The fourth-order valence-corrected chi connectivity index (χ4v) is 2.04. The van der Waals surface area contributed by atoms with Crippen molar-refractivity contribution in [2.75, 3.05) is 11.4 Å². The van der Waals surface area contributed by atoms with E-state index in [2.05, 4.69) is 6.92 Å². The van der Waals surface area contributed by atoms with Crippen LogP contribution in [0.15, 0.2) is 24.3 Å². The first-order chi connectivity index (χ1) is 7.72. The number of carbonyl (C=O) groups excluding carboxylic acids is 2. The zero-order chi connectivity index (χ0) is 11.5. The van der Waals surface area contributed by atoms with E-state index in [1.54, 1.807) is 4.90 Å². The van der Waals surface area contributed by atoms with Gasteiger partial charge in [-0.2, -0.15) is 0 Å². The van der Waals surface area contributed by atoms with Gasteiger partial charge in [-0.1, -0.05) is 25.1 Å². The smallest absolute Gasteiger partial charge is 0.234 e. The van der Waals surface area contributed by atoms with E-state index in [0.717, 1.165) is 17.7 Å². The van der Waals surface area contributed by atoms with Crippen LogP contribution in [0.5, 0.6) is 0 Å². The molecule has 0 spiro atoms. The molecule has 1 aromatic carbocycles. The Labute approximate surface area is 95.1 Å². The number of nitrogens with zero attached hydrogens (tertiary/aromatic N) is 1. The van der Waals surface area contributed by atoms with E-state index in [-0.39, 0.29) is 18.1 Å². The minimum atomic E-state index is -0.0721. The first-order valence-corrected chi connectivity index (χ1v) is 5.62. The molecule has 3 heteroatoms. The lowest BCUT2D eigenvalue weighted by atomic mass is 10.0. The molecule has 2 rings (SSSR count). The van der Waals surface area contributed by atoms with E-state index >= 15 is 0 Å². The van der Waals surface area contributed by atoms with Crippen molar-refractivity contribution < 1.29 is 9.59 Å². The molecule has 0 aromatic heterocycles. The van der Waals surface area contributed by atoms with Crippen molar-refractivity contribution in [3.05, 3.63) is 29.8 Å². The van der Waals surface area contributed by atoms with E-state index in [9.17, 15) is 9.59 Å². The summed E-state index contributed by atoms with van der Waals surface area (Å²) in [4.78, 5) is 24.7. The average Bonchev–Trinajstić information content (AvgIpc) is 2.29. The summed E-state index contributed by atoms with van der Waals surface area (Å²) >= 11 is 0. The van der Waals surface area contributed by atoms with Crippen molar-refractivity contribution in [2.24, 2.45) is 0 Å². The summed E-state index contributed by atoms with van der Waals surface area (Å²) < 4.78 is 0. The van der Waals surface area contributed by atoms with E-state index in [1.807, 2.05) is 24.3 Å². The zero-order valence-corrected chi connectivity index (χ0v) is 9.40. The molecule has 1 aliphatic rings. The normalized spacial score (nSPS) is 16.7.